The van der Waals surface area contributed by atoms with Crippen molar-refractivity contribution in [1.29, 1.82) is 0 Å². The van der Waals surface area contributed by atoms with Crippen molar-refractivity contribution in [2.24, 2.45) is 0 Å². The van der Waals surface area contributed by atoms with Gasteiger partial charge in [0.1, 0.15) is 23.6 Å². The fraction of sp³-hybridized carbons (Fsp3) is 0.588. The van der Waals surface area contributed by atoms with Gasteiger partial charge >= 0.3 is 5.97 Å². The lowest BCUT2D eigenvalue weighted by Crippen LogP contribution is -2.35. The normalized spacial score (nSPS) is 24.1. The summed E-state index contributed by atoms with van der Waals surface area (Å²) in [6.45, 7) is 6.03. The van der Waals surface area contributed by atoms with Crippen molar-refractivity contribution < 1.29 is 19.4 Å². The van der Waals surface area contributed by atoms with E-state index in [0.29, 0.717) is 13.2 Å². The molecule has 0 aliphatic carbocycles. The lowest BCUT2D eigenvalue weighted by atomic mass is 10.1. The van der Waals surface area contributed by atoms with E-state index in [2.05, 4.69) is 13.0 Å². The molecule has 0 spiro atoms. The Morgan fingerprint density at radius 2 is 2.32 bits per heavy atom. The molecule has 1 fully saturated rings. The van der Waals surface area contributed by atoms with Crippen molar-refractivity contribution in [3.63, 3.8) is 0 Å². The Morgan fingerprint density at radius 3 is 3.05 bits per heavy atom. The largest absolute Gasteiger partial charge is 0.494 e. The third kappa shape index (κ3) is 2.90. The van der Waals surface area contributed by atoms with Crippen LogP contribution >= 0.6 is 0 Å². The Hall–Kier alpha value is -1.75. The lowest BCUT2D eigenvalue weighted by Gasteiger charge is -2.23. The number of carbonyl (C=O) groups is 1. The van der Waals surface area contributed by atoms with E-state index in [1.807, 2.05) is 17.9 Å². The van der Waals surface area contributed by atoms with Gasteiger partial charge in [0.05, 0.1) is 6.61 Å². The molecule has 120 valence electrons. The summed E-state index contributed by atoms with van der Waals surface area (Å²) in [4.78, 5) is 13.4. The second-order valence-corrected chi connectivity index (χ2v) is 6.10. The topological polar surface area (TPSA) is 59.0 Å². The number of hydrogen-bond donors (Lipinski definition) is 1. The third-order valence-electron chi connectivity index (χ3n) is 4.40. The highest BCUT2D eigenvalue weighted by molar-refractivity contribution is 5.73. The molecule has 1 N–H and O–H groups in total. The van der Waals surface area contributed by atoms with Crippen molar-refractivity contribution in [2.45, 2.75) is 51.8 Å². The van der Waals surface area contributed by atoms with Crippen LogP contribution in [-0.2, 0) is 17.8 Å². The van der Waals surface area contributed by atoms with E-state index < -0.39 is 5.97 Å². The molecule has 2 aliphatic rings. The number of fused-ring (bicyclic) bond motifs is 1. The zero-order valence-corrected chi connectivity index (χ0v) is 13.2. The van der Waals surface area contributed by atoms with Gasteiger partial charge in [-0.15, -0.1) is 0 Å². The highest BCUT2D eigenvalue weighted by Crippen LogP contribution is 2.36. The van der Waals surface area contributed by atoms with Crippen LogP contribution in [-0.4, -0.2) is 41.3 Å². The quantitative estimate of drug-likeness (QED) is 0.905. The third-order valence-corrected chi connectivity index (χ3v) is 4.40. The lowest BCUT2D eigenvalue weighted by molar-refractivity contribution is -0.142. The molecule has 0 aromatic heterocycles. The van der Waals surface area contributed by atoms with Crippen molar-refractivity contribution in [3.8, 4) is 11.5 Å². The first kappa shape index (κ1) is 15.2. The molecule has 1 saturated heterocycles. The highest BCUT2D eigenvalue weighted by atomic mass is 16.5. The van der Waals surface area contributed by atoms with Crippen LogP contribution in [0.3, 0.4) is 0 Å². The molecule has 0 bridgehead atoms. The molecule has 1 aromatic rings. The van der Waals surface area contributed by atoms with E-state index in [4.69, 9.17) is 9.47 Å². The SMILES string of the molecule is CCOc1cc2c(cc1CN1CCCC1C(=O)O)OC(C)C2. The fourth-order valence-corrected chi connectivity index (χ4v) is 3.41. The molecule has 2 heterocycles. The van der Waals surface area contributed by atoms with Gasteiger partial charge in [0.2, 0.25) is 0 Å². The number of benzene rings is 1. The monoisotopic (exact) mass is 305 g/mol. The minimum atomic E-state index is -0.735. The van der Waals surface area contributed by atoms with Crippen LogP contribution in [0.1, 0.15) is 37.8 Å². The molecular formula is C17H23NO4. The number of carboxylic acids is 1. The smallest absolute Gasteiger partial charge is 0.320 e. The van der Waals surface area contributed by atoms with Gasteiger partial charge in [-0.3, -0.25) is 9.69 Å². The predicted molar refractivity (Wildman–Crippen MR) is 82.5 cm³/mol. The maximum Gasteiger partial charge on any atom is 0.320 e. The number of aliphatic carboxylic acids is 1. The molecule has 5 heteroatoms. The van der Waals surface area contributed by atoms with Gasteiger partial charge in [0.25, 0.3) is 0 Å². The van der Waals surface area contributed by atoms with Gasteiger partial charge in [-0.05, 0) is 45.4 Å². The number of rotatable bonds is 5. The number of hydrogen-bond acceptors (Lipinski definition) is 4. The Kier molecular flexibility index (Phi) is 4.25. The van der Waals surface area contributed by atoms with Crippen LogP contribution in [0, 0.1) is 0 Å². The van der Waals surface area contributed by atoms with E-state index in [0.717, 1.165) is 42.9 Å². The summed E-state index contributed by atoms with van der Waals surface area (Å²) < 4.78 is 11.6. The number of ether oxygens (including phenoxy) is 2. The van der Waals surface area contributed by atoms with Crippen molar-refractivity contribution in [3.05, 3.63) is 23.3 Å². The summed E-state index contributed by atoms with van der Waals surface area (Å²) in [5, 5.41) is 9.33. The molecule has 5 nitrogen and oxygen atoms in total. The second kappa shape index (κ2) is 6.16. The zero-order chi connectivity index (χ0) is 15.7. The summed E-state index contributed by atoms with van der Waals surface area (Å²) in [5.74, 6) is 1.04. The van der Waals surface area contributed by atoms with Crippen LogP contribution in [0.2, 0.25) is 0 Å². The molecule has 2 aliphatic heterocycles. The molecule has 0 radical (unpaired) electrons. The van der Waals surface area contributed by atoms with Crippen LogP contribution in [0.4, 0.5) is 0 Å². The number of likely N-dealkylation sites (tertiary alicyclic amines) is 1. The standard InChI is InChI=1S/C17H23NO4/c1-3-21-15-8-12-7-11(2)22-16(12)9-13(15)10-18-6-4-5-14(18)17(19)20/h8-9,11,14H,3-7,10H2,1-2H3,(H,19,20). The summed E-state index contributed by atoms with van der Waals surface area (Å²) >= 11 is 0. The molecule has 1 aromatic carbocycles. The molecule has 3 rings (SSSR count). The predicted octanol–water partition coefficient (Wildman–Crippen LogP) is 2.46. The Labute approximate surface area is 130 Å². The van der Waals surface area contributed by atoms with E-state index in [9.17, 15) is 9.90 Å². The first-order chi connectivity index (χ1) is 10.6. The molecule has 2 unspecified atom stereocenters. The van der Waals surface area contributed by atoms with E-state index in [1.54, 1.807) is 0 Å². The van der Waals surface area contributed by atoms with Crippen molar-refractivity contribution in [1.82, 2.24) is 4.90 Å². The van der Waals surface area contributed by atoms with Gasteiger partial charge in [-0.2, -0.15) is 0 Å². The van der Waals surface area contributed by atoms with Gasteiger partial charge < -0.3 is 14.6 Å². The second-order valence-electron chi connectivity index (χ2n) is 6.10. The first-order valence-corrected chi connectivity index (χ1v) is 8.00. The van der Waals surface area contributed by atoms with E-state index in [-0.39, 0.29) is 12.1 Å². The Bertz CT molecular complexity index is 572. The molecule has 22 heavy (non-hydrogen) atoms. The highest BCUT2D eigenvalue weighted by Gasteiger charge is 2.31. The molecular weight excluding hydrogens is 282 g/mol. The Morgan fingerprint density at radius 1 is 1.50 bits per heavy atom. The van der Waals surface area contributed by atoms with Gasteiger partial charge in [0, 0.05) is 24.1 Å². The maximum atomic E-state index is 11.3. The van der Waals surface area contributed by atoms with Crippen molar-refractivity contribution in [2.75, 3.05) is 13.2 Å². The van der Waals surface area contributed by atoms with Gasteiger partial charge in [0.15, 0.2) is 0 Å². The average molecular weight is 305 g/mol. The van der Waals surface area contributed by atoms with Gasteiger partial charge in [-0.25, -0.2) is 0 Å². The first-order valence-electron chi connectivity index (χ1n) is 8.00. The van der Waals surface area contributed by atoms with Crippen LogP contribution < -0.4 is 9.47 Å². The maximum absolute atomic E-state index is 11.3. The fourth-order valence-electron chi connectivity index (χ4n) is 3.41. The summed E-state index contributed by atoms with van der Waals surface area (Å²) in [6, 6.07) is 3.70. The van der Waals surface area contributed by atoms with Crippen molar-refractivity contribution >= 4 is 5.97 Å². The summed E-state index contributed by atoms with van der Waals surface area (Å²) in [5.41, 5.74) is 2.19. The minimum Gasteiger partial charge on any atom is -0.494 e. The van der Waals surface area contributed by atoms with Crippen LogP contribution in [0.25, 0.3) is 0 Å². The van der Waals surface area contributed by atoms with Crippen LogP contribution in [0.15, 0.2) is 12.1 Å². The van der Waals surface area contributed by atoms with Crippen LogP contribution in [0.5, 0.6) is 11.5 Å². The number of carboxylic acid groups (broad SMARTS) is 1. The minimum absolute atomic E-state index is 0.193. The average Bonchev–Trinajstić information content (AvgIpc) is 3.05. The molecule has 0 amide bonds. The Balaban J connectivity index is 1.86. The zero-order valence-electron chi connectivity index (χ0n) is 13.2. The summed E-state index contributed by atoms with van der Waals surface area (Å²) in [7, 11) is 0. The number of nitrogens with zero attached hydrogens (tertiary/aromatic N) is 1. The van der Waals surface area contributed by atoms with Gasteiger partial charge in [-0.1, -0.05) is 0 Å². The van der Waals surface area contributed by atoms with E-state index in [1.165, 1.54) is 5.56 Å². The van der Waals surface area contributed by atoms with E-state index >= 15 is 0 Å². The summed E-state index contributed by atoms with van der Waals surface area (Å²) in [6.07, 6.45) is 2.74. The molecule has 0 saturated carbocycles. The molecule has 2 atom stereocenters.